The van der Waals surface area contributed by atoms with Crippen LogP contribution in [0.4, 0.5) is 0 Å². The molecule has 2 heterocycles. The Bertz CT molecular complexity index is 570. The summed E-state index contributed by atoms with van der Waals surface area (Å²) in [6, 6.07) is 9.35. The van der Waals surface area contributed by atoms with E-state index >= 15 is 0 Å². The monoisotopic (exact) mass is 242 g/mol. The summed E-state index contributed by atoms with van der Waals surface area (Å²) < 4.78 is 0. The molecule has 1 atom stereocenters. The van der Waals surface area contributed by atoms with Crippen molar-refractivity contribution in [2.45, 2.75) is 18.9 Å². The van der Waals surface area contributed by atoms with Crippen molar-refractivity contribution in [3.8, 4) is 0 Å². The van der Waals surface area contributed by atoms with Crippen molar-refractivity contribution in [1.29, 1.82) is 0 Å². The van der Waals surface area contributed by atoms with Crippen LogP contribution in [0.25, 0.3) is 10.9 Å². The van der Waals surface area contributed by atoms with Gasteiger partial charge in [-0.1, -0.05) is 18.2 Å². The molecule has 1 aromatic carbocycles. The first-order valence-electron chi connectivity index (χ1n) is 6.13. The van der Waals surface area contributed by atoms with Crippen molar-refractivity contribution in [3.05, 3.63) is 36.0 Å². The van der Waals surface area contributed by atoms with Crippen LogP contribution in [0.15, 0.2) is 30.3 Å². The minimum Gasteiger partial charge on any atom is -0.351 e. The van der Waals surface area contributed by atoms with Crippen LogP contribution in [0.2, 0.25) is 0 Å². The highest BCUT2D eigenvalue weighted by Crippen LogP contribution is 2.21. The summed E-state index contributed by atoms with van der Waals surface area (Å²) in [4.78, 5) is 28.0. The molecule has 0 aliphatic carbocycles. The Balaban J connectivity index is 1.94. The highest BCUT2D eigenvalue weighted by molar-refractivity contribution is 5.99. The molecule has 0 spiro atoms. The molecule has 1 saturated heterocycles. The summed E-state index contributed by atoms with van der Waals surface area (Å²) in [5.41, 5.74) is 1.51. The quantitative estimate of drug-likeness (QED) is 0.818. The number of rotatable bonds is 2. The number of nitrogens with zero attached hydrogens (tertiary/aromatic N) is 1. The number of aldehydes is 1. The van der Waals surface area contributed by atoms with Gasteiger partial charge in [-0.05, 0) is 25.0 Å². The first-order chi connectivity index (χ1) is 8.79. The number of para-hydroxylation sites is 1. The molecule has 92 valence electrons. The number of H-pyrrole nitrogens is 1. The highest BCUT2D eigenvalue weighted by atomic mass is 16.2. The molecule has 4 nitrogen and oxygen atoms in total. The van der Waals surface area contributed by atoms with Gasteiger partial charge in [0.25, 0.3) is 5.91 Å². The van der Waals surface area contributed by atoms with Crippen LogP contribution in [0, 0.1) is 0 Å². The van der Waals surface area contributed by atoms with Crippen LogP contribution in [-0.2, 0) is 4.79 Å². The number of hydrogen-bond acceptors (Lipinski definition) is 2. The van der Waals surface area contributed by atoms with Crippen LogP contribution in [0.3, 0.4) is 0 Å². The third-order valence-electron chi connectivity index (χ3n) is 3.48. The van der Waals surface area contributed by atoms with Gasteiger partial charge >= 0.3 is 0 Å². The van der Waals surface area contributed by atoms with Gasteiger partial charge in [0.2, 0.25) is 0 Å². The van der Waals surface area contributed by atoms with E-state index in [2.05, 4.69) is 4.98 Å². The van der Waals surface area contributed by atoms with Gasteiger partial charge < -0.3 is 14.7 Å². The maximum atomic E-state index is 12.3. The molecule has 1 aromatic heterocycles. The van der Waals surface area contributed by atoms with Gasteiger partial charge in [-0.25, -0.2) is 0 Å². The van der Waals surface area contributed by atoms with E-state index < -0.39 is 0 Å². The molecule has 1 N–H and O–H groups in total. The summed E-state index contributed by atoms with van der Waals surface area (Å²) >= 11 is 0. The number of carbonyl (C=O) groups is 2. The van der Waals surface area contributed by atoms with E-state index in [1.165, 1.54) is 0 Å². The molecular weight excluding hydrogens is 228 g/mol. The van der Waals surface area contributed by atoms with E-state index in [1.807, 2.05) is 30.3 Å². The Morgan fingerprint density at radius 1 is 1.39 bits per heavy atom. The maximum absolute atomic E-state index is 12.3. The largest absolute Gasteiger partial charge is 0.351 e. The highest BCUT2D eigenvalue weighted by Gasteiger charge is 2.29. The topological polar surface area (TPSA) is 53.2 Å². The molecule has 18 heavy (non-hydrogen) atoms. The number of hydrogen-bond donors (Lipinski definition) is 1. The molecule has 0 unspecified atom stereocenters. The predicted octanol–water partition coefficient (Wildman–Crippen LogP) is 1.97. The first kappa shape index (κ1) is 11.0. The van der Waals surface area contributed by atoms with Crippen LogP contribution in [0.1, 0.15) is 23.3 Å². The van der Waals surface area contributed by atoms with Crippen molar-refractivity contribution < 1.29 is 9.59 Å². The maximum Gasteiger partial charge on any atom is 0.270 e. The van der Waals surface area contributed by atoms with Crippen LogP contribution < -0.4 is 0 Å². The number of nitrogens with one attached hydrogen (secondary N) is 1. The average molecular weight is 242 g/mol. The molecule has 4 heteroatoms. The minimum atomic E-state index is -0.260. The lowest BCUT2D eigenvalue weighted by Crippen LogP contribution is -2.36. The van der Waals surface area contributed by atoms with E-state index in [4.69, 9.17) is 0 Å². The summed E-state index contributed by atoms with van der Waals surface area (Å²) in [6.45, 7) is 0.664. The number of amides is 1. The zero-order valence-electron chi connectivity index (χ0n) is 9.93. The average Bonchev–Trinajstić information content (AvgIpc) is 3.03. The van der Waals surface area contributed by atoms with Crippen LogP contribution >= 0.6 is 0 Å². The van der Waals surface area contributed by atoms with Gasteiger partial charge in [0.15, 0.2) is 0 Å². The number of aromatic nitrogens is 1. The second-order valence-corrected chi connectivity index (χ2v) is 4.61. The van der Waals surface area contributed by atoms with Crippen molar-refractivity contribution in [2.75, 3.05) is 6.54 Å². The summed E-state index contributed by atoms with van der Waals surface area (Å²) in [7, 11) is 0. The molecule has 1 aliphatic rings. The Hall–Kier alpha value is -2.10. The normalized spacial score (nSPS) is 19.3. The zero-order valence-corrected chi connectivity index (χ0v) is 9.93. The molecule has 0 bridgehead atoms. The molecule has 2 aromatic rings. The van der Waals surface area contributed by atoms with Gasteiger partial charge in [-0.3, -0.25) is 4.79 Å². The molecule has 0 radical (unpaired) electrons. The predicted molar refractivity (Wildman–Crippen MR) is 68.4 cm³/mol. The van der Waals surface area contributed by atoms with E-state index in [1.54, 1.807) is 4.90 Å². The number of fused-ring (bicyclic) bond motifs is 1. The fraction of sp³-hybridized carbons (Fsp3) is 0.286. The lowest BCUT2D eigenvalue weighted by molar-refractivity contribution is -0.111. The van der Waals surface area contributed by atoms with E-state index in [0.29, 0.717) is 12.2 Å². The summed E-state index contributed by atoms with van der Waals surface area (Å²) in [6.07, 6.45) is 2.54. The van der Waals surface area contributed by atoms with E-state index in [0.717, 1.165) is 30.0 Å². The van der Waals surface area contributed by atoms with Crippen molar-refractivity contribution >= 4 is 23.1 Å². The van der Waals surface area contributed by atoms with Gasteiger partial charge in [-0.15, -0.1) is 0 Å². The first-order valence-corrected chi connectivity index (χ1v) is 6.13. The second kappa shape index (κ2) is 4.29. The van der Waals surface area contributed by atoms with E-state index in [9.17, 15) is 9.59 Å². The lowest BCUT2D eigenvalue weighted by Gasteiger charge is -2.19. The molecular formula is C14H14N2O2. The Morgan fingerprint density at radius 3 is 3.00 bits per heavy atom. The van der Waals surface area contributed by atoms with E-state index in [-0.39, 0.29) is 11.9 Å². The molecule has 1 amide bonds. The SMILES string of the molecule is O=C[C@@H]1CCCN1C(=O)c1cc2ccccc2[nH]1. The van der Waals surface area contributed by atoms with Crippen LogP contribution in [0.5, 0.6) is 0 Å². The smallest absolute Gasteiger partial charge is 0.270 e. The summed E-state index contributed by atoms with van der Waals surface area (Å²) in [5.74, 6) is -0.0826. The number of likely N-dealkylation sites (tertiary alicyclic amines) is 1. The Labute approximate surface area is 105 Å². The minimum absolute atomic E-state index is 0.0826. The number of aromatic amines is 1. The zero-order chi connectivity index (χ0) is 12.5. The lowest BCUT2D eigenvalue weighted by atomic mass is 10.2. The van der Waals surface area contributed by atoms with Gasteiger partial charge in [-0.2, -0.15) is 0 Å². The van der Waals surface area contributed by atoms with Crippen molar-refractivity contribution in [3.63, 3.8) is 0 Å². The van der Waals surface area contributed by atoms with Gasteiger partial charge in [0.05, 0.1) is 6.04 Å². The van der Waals surface area contributed by atoms with Gasteiger partial charge in [0.1, 0.15) is 12.0 Å². The third-order valence-corrected chi connectivity index (χ3v) is 3.48. The fourth-order valence-electron chi connectivity index (χ4n) is 2.53. The molecule has 0 saturated carbocycles. The second-order valence-electron chi connectivity index (χ2n) is 4.61. The fourth-order valence-corrected chi connectivity index (χ4v) is 2.53. The Morgan fingerprint density at radius 2 is 2.22 bits per heavy atom. The molecule has 3 rings (SSSR count). The van der Waals surface area contributed by atoms with Crippen LogP contribution in [-0.4, -0.2) is 34.7 Å². The van der Waals surface area contributed by atoms with Gasteiger partial charge in [0, 0.05) is 17.4 Å². The standard InChI is InChI=1S/C14H14N2O2/c17-9-11-5-3-7-16(11)14(18)13-8-10-4-1-2-6-12(10)15-13/h1-2,4,6,8-9,11,15H,3,5,7H2/t11-/m0/s1. The summed E-state index contributed by atoms with van der Waals surface area (Å²) in [5, 5.41) is 1.02. The number of benzene rings is 1. The van der Waals surface area contributed by atoms with Crippen molar-refractivity contribution in [2.24, 2.45) is 0 Å². The number of carbonyl (C=O) groups excluding carboxylic acids is 2. The molecule has 1 aliphatic heterocycles. The molecule has 1 fully saturated rings. The Kier molecular flexibility index (Phi) is 2.63. The third kappa shape index (κ3) is 1.70. The van der Waals surface area contributed by atoms with Crippen molar-refractivity contribution in [1.82, 2.24) is 9.88 Å².